The molecule has 1 aliphatic carbocycles. The molecule has 0 aromatic heterocycles. The SMILES string of the molecule is CC(C)(C)c1ccccc1N1C(=O)C[C@@]2(C1=O)[C@@]1(C(C)(C)C)CC[C@@]23C=CO[C@@H]3O1. The van der Waals surface area contributed by atoms with Gasteiger partial charge in [0.25, 0.3) is 0 Å². The Bertz CT molecular complexity index is 984. The monoisotopic (exact) mass is 409 g/mol. The van der Waals surface area contributed by atoms with Crippen molar-refractivity contribution < 1.29 is 19.1 Å². The van der Waals surface area contributed by atoms with Gasteiger partial charge in [0.2, 0.25) is 18.1 Å². The van der Waals surface area contributed by atoms with E-state index in [1.165, 1.54) is 4.90 Å². The van der Waals surface area contributed by atoms with Crippen molar-refractivity contribution >= 4 is 17.5 Å². The van der Waals surface area contributed by atoms with Crippen LogP contribution in [0.1, 0.15) is 66.4 Å². The zero-order chi connectivity index (χ0) is 21.7. The minimum atomic E-state index is -0.946. The van der Waals surface area contributed by atoms with Gasteiger partial charge in [0.1, 0.15) is 5.41 Å². The molecular formula is C25H31NO4. The lowest BCUT2D eigenvalue weighted by molar-refractivity contribution is -0.215. The minimum absolute atomic E-state index is 0.130. The summed E-state index contributed by atoms with van der Waals surface area (Å²) in [6.07, 6.45) is 4.86. The van der Waals surface area contributed by atoms with Gasteiger partial charge in [-0.15, -0.1) is 0 Å². The van der Waals surface area contributed by atoms with Gasteiger partial charge in [-0.05, 0) is 41.4 Å². The predicted octanol–water partition coefficient (Wildman–Crippen LogP) is 4.70. The van der Waals surface area contributed by atoms with Crippen molar-refractivity contribution in [3.05, 3.63) is 42.2 Å². The van der Waals surface area contributed by atoms with Gasteiger partial charge in [0, 0.05) is 6.42 Å². The second kappa shape index (κ2) is 5.56. The maximum atomic E-state index is 14.4. The van der Waals surface area contributed by atoms with Crippen LogP contribution in [0.2, 0.25) is 0 Å². The van der Waals surface area contributed by atoms with E-state index in [0.717, 1.165) is 18.4 Å². The lowest BCUT2D eigenvalue weighted by Gasteiger charge is -2.47. The molecule has 2 amide bonds. The molecule has 30 heavy (non-hydrogen) atoms. The molecule has 5 nitrogen and oxygen atoms in total. The van der Waals surface area contributed by atoms with Crippen molar-refractivity contribution in [3.8, 4) is 0 Å². The molecule has 2 saturated heterocycles. The maximum Gasteiger partial charge on any atom is 0.244 e. The number of amides is 2. The highest BCUT2D eigenvalue weighted by molar-refractivity contribution is 6.24. The standard InChI is InChI=1S/C25H31NO4/c1-21(2,3)16-9-7-8-10-17(16)26-18(27)15-24(19(26)28)23-11-12-25(24,22(4,5)6)30-20(23)29-14-13-23/h7-10,13-14,20H,11-12,15H2,1-6H3/t20-,23+,24+,25+/m1/s1. The van der Waals surface area contributed by atoms with E-state index in [2.05, 4.69) is 41.5 Å². The molecule has 5 rings (SSSR count). The van der Waals surface area contributed by atoms with E-state index in [0.29, 0.717) is 5.69 Å². The summed E-state index contributed by atoms with van der Waals surface area (Å²) in [6, 6.07) is 7.77. The van der Waals surface area contributed by atoms with Crippen molar-refractivity contribution in [2.45, 2.75) is 78.1 Å². The van der Waals surface area contributed by atoms with Crippen molar-refractivity contribution in [1.29, 1.82) is 0 Å². The summed E-state index contributed by atoms with van der Waals surface area (Å²) in [6.45, 7) is 12.7. The smallest absolute Gasteiger partial charge is 0.244 e. The van der Waals surface area contributed by atoms with Crippen LogP contribution >= 0.6 is 0 Å². The Hall–Kier alpha value is -2.14. The number of imide groups is 1. The van der Waals surface area contributed by atoms with Gasteiger partial charge < -0.3 is 9.47 Å². The molecule has 1 aromatic carbocycles. The summed E-state index contributed by atoms with van der Waals surface area (Å²) in [4.78, 5) is 29.4. The lowest BCUT2D eigenvalue weighted by Crippen LogP contribution is -2.57. The van der Waals surface area contributed by atoms with Crippen LogP contribution in [0.3, 0.4) is 0 Å². The van der Waals surface area contributed by atoms with E-state index < -0.39 is 22.7 Å². The first kappa shape index (κ1) is 19.8. The first-order chi connectivity index (χ1) is 13.9. The fourth-order valence-corrected chi connectivity index (χ4v) is 6.74. The van der Waals surface area contributed by atoms with Gasteiger partial charge in [-0.3, -0.25) is 9.59 Å². The molecule has 1 aromatic rings. The summed E-state index contributed by atoms with van der Waals surface area (Å²) in [5.74, 6) is -0.273. The average molecular weight is 410 g/mol. The molecule has 0 unspecified atom stereocenters. The summed E-state index contributed by atoms with van der Waals surface area (Å²) in [5, 5.41) is 0. The molecule has 0 N–H and O–H groups in total. The van der Waals surface area contributed by atoms with E-state index in [9.17, 15) is 9.59 Å². The second-order valence-electron chi connectivity index (χ2n) is 11.4. The fraction of sp³-hybridized carbons (Fsp3) is 0.600. The van der Waals surface area contributed by atoms with E-state index >= 15 is 0 Å². The van der Waals surface area contributed by atoms with Crippen LogP contribution in [0.25, 0.3) is 0 Å². The maximum absolute atomic E-state index is 14.4. The average Bonchev–Trinajstić information content (AvgIpc) is 3.32. The van der Waals surface area contributed by atoms with Gasteiger partial charge in [0.15, 0.2) is 0 Å². The third-order valence-corrected chi connectivity index (χ3v) is 8.07. The molecule has 0 radical (unpaired) electrons. The molecular weight excluding hydrogens is 378 g/mol. The predicted molar refractivity (Wildman–Crippen MR) is 114 cm³/mol. The Morgan fingerprint density at radius 3 is 2.40 bits per heavy atom. The van der Waals surface area contributed by atoms with Gasteiger partial charge in [-0.25, -0.2) is 4.90 Å². The van der Waals surface area contributed by atoms with Crippen molar-refractivity contribution in [1.82, 2.24) is 0 Å². The molecule has 4 aliphatic rings. The Labute approximate surface area is 178 Å². The molecule has 1 saturated carbocycles. The Balaban J connectivity index is 1.72. The van der Waals surface area contributed by atoms with E-state index in [4.69, 9.17) is 9.47 Å². The number of nitrogens with zero attached hydrogens (tertiary/aromatic N) is 1. The van der Waals surface area contributed by atoms with Gasteiger partial charge in [0.05, 0.1) is 23.0 Å². The zero-order valence-corrected chi connectivity index (χ0v) is 18.7. The van der Waals surface area contributed by atoms with Crippen molar-refractivity contribution in [2.24, 2.45) is 16.2 Å². The quantitative estimate of drug-likeness (QED) is 0.631. The normalized spacial score (nSPS) is 37.4. The second-order valence-corrected chi connectivity index (χ2v) is 11.4. The van der Waals surface area contributed by atoms with Crippen LogP contribution in [0, 0.1) is 16.2 Å². The van der Waals surface area contributed by atoms with E-state index in [-0.39, 0.29) is 29.1 Å². The Kier molecular flexibility index (Phi) is 3.67. The third-order valence-electron chi connectivity index (χ3n) is 8.07. The first-order valence-corrected chi connectivity index (χ1v) is 10.9. The molecule has 160 valence electrons. The summed E-state index contributed by atoms with van der Waals surface area (Å²) < 4.78 is 12.4. The van der Waals surface area contributed by atoms with Crippen LogP contribution < -0.4 is 4.90 Å². The lowest BCUT2D eigenvalue weighted by atomic mass is 9.55. The van der Waals surface area contributed by atoms with Crippen LogP contribution in [-0.4, -0.2) is 23.7 Å². The van der Waals surface area contributed by atoms with Crippen LogP contribution in [0.5, 0.6) is 0 Å². The molecule has 2 bridgehead atoms. The number of benzene rings is 1. The first-order valence-electron chi connectivity index (χ1n) is 10.9. The minimum Gasteiger partial charge on any atom is -0.472 e. The van der Waals surface area contributed by atoms with Gasteiger partial charge >= 0.3 is 0 Å². The highest BCUT2D eigenvalue weighted by atomic mass is 16.7. The number of anilines is 1. The molecule has 3 heterocycles. The third kappa shape index (κ3) is 1.98. The number of carbonyl (C=O) groups is 2. The number of rotatable bonds is 1. The molecule has 3 fully saturated rings. The largest absolute Gasteiger partial charge is 0.472 e. The van der Waals surface area contributed by atoms with Crippen LogP contribution in [0.4, 0.5) is 5.69 Å². The molecule has 3 aliphatic heterocycles. The number of ether oxygens (including phenoxy) is 2. The highest BCUT2D eigenvalue weighted by Crippen LogP contribution is 2.77. The summed E-state index contributed by atoms with van der Waals surface area (Å²) in [5.41, 5.74) is -1.11. The van der Waals surface area contributed by atoms with Gasteiger partial charge in [-0.2, -0.15) is 0 Å². The van der Waals surface area contributed by atoms with E-state index in [1.54, 1.807) is 6.26 Å². The number of para-hydroxylation sites is 1. The number of hydrogen-bond acceptors (Lipinski definition) is 4. The Morgan fingerprint density at radius 2 is 1.73 bits per heavy atom. The topological polar surface area (TPSA) is 55.8 Å². The van der Waals surface area contributed by atoms with Crippen LogP contribution in [-0.2, 0) is 24.5 Å². The van der Waals surface area contributed by atoms with Crippen LogP contribution in [0.15, 0.2) is 36.6 Å². The molecule has 2 spiro atoms. The zero-order valence-electron chi connectivity index (χ0n) is 18.7. The summed E-state index contributed by atoms with van der Waals surface area (Å²) in [7, 11) is 0. The summed E-state index contributed by atoms with van der Waals surface area (Å²) >= 11 is 0. The fourth-order valence-electron chi connectivity index (χ4n) is 6.74. The molecule has 5 heteroatoms. The highest BCUT2D eigenvalue weighted by Gasteiger charge is 2.86. The Morgan fingerprint density at radius 1 is 1.03 bits per heavy atom. The van der Waals surface area contributed by atoms with Gasteiger partial charge in [-0.1, -0.05) is 59.7 Å². The molecule has 4 atom stereocenters. The number of carbonyl (C=O) groups excluding carboxylic acids is 2. The van der Waals surface area contributed by atoms with Crippen molar-refractivity contribution in [2.75, 3.05) is 4.90 Å². The number of hydrogen-bond donors (Lipinski definition) is 0. The van der Waals surface area contributed by atoms with E-state index in [1.807, 2.05) is 30.3 Å². The van der Waals surface area contributed by atoms with Crippen molar-refractivity contribution in [3.63, 3.8) is 0 Å².